The average Bonchev–Trinajstić information content (AvgIpc) is 2.54. The van der Waals surface area contributed by atoms with Gasteiger partial charge in [0.15, 0.2) is 0 Å². The van der Waals surface area contributed by atoms with Crippen molar-refractivity contribution in [1.82, 2.24) is 4.90 Å². The van der Waals surface area contributed by atoms with Gasteiger partial charge in [0.2, 0.25) is 5.91 Å². The summed E-state index contributed by atoms with van der Waals surface area (Å²) in [4.78, 5) is 13.7. The molecule has 0 saturated carbocycles. The van der Waals surface area contributed by atoms with Gasteiger partial charge in [0.05, 0.1) is 0 Å². The van der Waals surface area contributed by atoms with E-state index in [1.165, 1.54) is 24.3 Å². The van der Waals surface area contributed by atoms with E-state index in [-0.39, 0.29) is 23.9 Å². The van der Waals surface area contributed by atoms with Crippen LogP contribution in [0.2, 0.25) is 0 Å². The Hall–Kier alpha value is -2.50. The first kappa shape index (κ1) is 17.8. The Bertz CT molecular complexity index is 674. The molecule has 0 aliphatic carbocycles. The second-order valence-electron chi connectivity index (χ2n) is 5.40. The van der Waals surface area contributed by atoms with Crippen LogP contribution in [0.1, 0.15) is 17.5 Å². The fourth-order valence-electron chi connectivity index (χ4n) is 2.27. The molecule has 0 aromatic heterocycles. The first-order valence-corrected chi connectivity index (χ1v) is 7.46. The lowest BCUT2D eigenvalue weighted by atomic mass is 10.1. The summed E-state index contributed by atoms with van der Waals surface area (Å²) in [5.41, 5.74) is 1.57. The fourth-order valence-corrected chi connectivity index (χ4v) is 2.27. The molecule has 0 N–H and O–H groups in total. The van der Waals surface area contributed by atoms with Gasteiger partial charge in [-0.3, -0.25) is 4.79 Å². The van der Waals surface area contributed by atoms with Crippen molar-refractivity contribution in [3.8, 4) is 5.75 Å². The molecule has 2 aromatic carbocycles. The zero-order valence-electron chi connectivity index (χ0n) is 13.2. The van der Waals surface area contributed by atoms with E-state index < -0.39 is 6.61 Å². The molecule has 6 heteroatoms. The molecule has 0 aliphatic heterocycles. The van der Waals surface area contributed by atoms with Gasteiger partial charge in [0.1, 0.15) is 11.6 Å². The van der Waals surface area contributed by atoms with Crippen LogP contribution in [0.4, 0.5) is 13.2 Å². The second kappa shape index (κ2) is 8.38. The first-order valence-electron chi connectivity index (χ1n) is 7.46. The van der Waals surface area contributed by atoms with Crippen LogP contribution in [0, 0.1) is 5.82 Å². The summed E-state index contributed by atoms with van der Waals surface area (Å²) >= 11 is 0. The van der Waals surface area contributed by atoms with Crippen molar-refractivity contribution in [2.75, 3.05) is 7.05 Å². The topological polar surface area (TPSA) is 29.5 Å². The third kappa shape index (κ3) is 5.61. The Balaban J connectivity index is 1.84. The first-order chi connectivity index (χ1) is 11.4. The molecule has 2 aromatic rings. The highest BCUT2D eigenvalue weighted by Crippen LogP contribution is 2.16. The van der Waals surface area contributed by atoms with Crippen LogP contribution < -0.4 is 4.74 Å². The standard InChI is InChI=1S/C18H18F3NO2/c1-22(12-14-5-8-16(9-6-14)24-18(20)21)17(23)10-7-13-3-2-4-15(19)11-13/h2-6,8-9,11,18H,7,10,12H2,1H3. The molecule has 2 rings (SSSR count). The number of hydrogen-bond donors (Lipinski definition) is 0. The van der Waals surface area contributed by atoms with Crippen LogP contribution in [0.3, 0.4) is 0 Å². The number of halogens is 3. The number of aryl methyl sites for hydroxylation is 1. The maximum Gasteiger partial charge on any atom is 0.387 e. The zero-order chi connectivity index (χ0) is 17.5. The minimum Gasteiger partial charge on any atom is -0.435 e. The number of benzene rings is 2. The monoisotopic (exact) mass is 337 g/mol. The third-order valence-corrected chi connectivity index (χ3v) is 3.51. The Labute approximate surface area is 138 Å². The molecule has 0 heterocycles. The van der Waals surface area contributed by atoms with E-state index in [1.54, 1.807) is 36.2 Å². The van der Waals surface area contributed by atoms with Gasteiger partial charge in [-0.2, -0.15) is 8.78 Å². The van der Waals surface area contributed by atoms with Crippen LogP contribution in [-0.4, -0.2) is 24.5 Å². The molecule has 0 fully saturated rings. The van der Waals surface area contributed by atoms with Gasteiger partial charge < -0.3 is 9.64 Å². The molecule has 0 spiro atoms. The van der Waals surface area contributed by atoms with Crippen molar-refractivity contribution in [2.45, 2.75) is 26.0 Å². The van der Waals surface area contributed by atoms with E-state index >= 15 is 0 Å². The molecule has 0 unspecified atom stereocenters. The summed E-state index contributed by atoms with van der Waals surface area (Å²) in [5.74, 6) is -0.319. The molecule has 0 saturated heterocycles. The largest absolute Gasteiger partial charge is 0.435 e. The SMILES string of the molecule is CN(Cc1ccc(OC(F)F)cc1)C(=O)CCc1cccc(F)c1. The van der Waals surface area contributed by atoms with Crippen molar-refractivity contribution in [3.63, 3.8) is 0 Å². The zero-order valence-corrected chi connectivity index (χ0v) is 13.2. The van der Waals surface area contributed by atoms with Gasteiger partial charge in [0.25, 0.3) is 0 Å². The molecule has 0 bridgehead atoms. The summed E-state index contributed by atoms with van der Waals surface area (Å²) in [7, 11) is 1.66. The third-order valence-electron chi connectivity index (χ3n) is 3.51. The molecule has 128 valence electrons. The van der Waals surface area contributed by atoms with Crippen LogP contribution >= 0.6 is 0 Å². The van der Waals surface area contributed by atoms with Gasteiger partial charge >= 0.3 is 6.61 Å². The number of hydrogen-bond acceptors (Lipinski definition) is 2. The summed E-state index contributed by atoms with van der Waals surface area (Å²) in [6.45, 7) is -2.50. The summed E-state index contributed by atoms with van der Waals surface area (Å²) in [5, 5.41) is 0. The maximum absolute atomic E-state index is 13.1. The van der Waals surface area contributed by atoms with Crippen molar-refractivity contribution in [3.05, 3.63) is 65.5 Å². The number of rotatable bonds is 7. The smallest absolute Gasteiger partial charge is 0.387 e. The predicted octanol–water partition coefficient (Wildman–Crippen LogP) is 4.02. The van der Waals surface area contributed by atoms with Gasteiger partial charge in [-0.25, -0.2) is 4.39 Å². The maximum atomic E-state index is 13.1. The minimum absolute atomic E-state index is 0.0767. The average molecular weight is 337 g/mol. The van der Waals surface area contributed by atoms with Gasteiger partial charge in [0, 0.05) is 20.0 Å². The highest BCUT2D eigenvalue weighted by atomic mass is 19.3. The lowest BCUT2D eigenvalue weighted by molar-refractivity contribution is -0.130. The Kier molecular flexibility index (Phi) is 6.23. The van der Waals surface area contributed by atoms with E-state index in [0.29, 0.717) is 13.0 Å². The van der Waals surface area contributed by atoms with Gasteiger partial charge in [-0.05, 0) is 41.8 Å². The summed E-state index contributed by atoms with van der Waals surface area (Å²) < 4.78 is 41.5. The van der Waals surface area contributed by atoms with E-state index in [0.717, 1.165) is 11.1 Å². The molecule has 24 heavy (non-hydrogen) atoms. The second-order valence-corrected chi connectivity index (χ2v) is 5.40. The predicted molar refractivity (Wildman–Crippen MR) is 84.3 cm³/mol. The normalized spacial score (nSPS) is 10.7. The van der Waals surface area contributed by atoms with E-state index in [2.05, 4.69) is 4.74 Å². The van der Waals surface area contributed by atoms with Crippen molar-refractivity contribution in [2.24, 2.45) is 0 Å². The Morgan fingerprint density at radius 1 is 1.12 bits per heavy atom. The van der Waals surface area contributed by atoms with Crippen LogP contribution in [0.25, 0.3) is 0 Å². The van der Waals surface area contributed by atoms with Crippen LogP contribution in [0.15, 0.2) is 48.5 Å². The number of carbonyl (C=O) groups excluding carboxylic acids is 1. The molecule has 1 amide bonds. The van der Waals surface area contributed by atoms with Gasteiger partial charge in [-0.1, -0.05) is 24.3 Å². The highest BCUT2D eigenvalue weighted by Gasteiger charge is 2.10. The number of nitrogens with zero attached hydrogens (tertiary/aromatic N) is 1. The summed E-state index contributed by atoms with van der Waals surface area (Å²) in [6.07, 6.45) is 0.731. The van der Waals surface area contributed by atoms with E-state index in [9.17, 15) is 18.0 Å². The van der Waals surface area contributed by atoms with Crippen molar-refractivity contribution >= 4 is 5.91 Å². The van der Waals surface area contributed by atoms with Crippen molar-refractivity contribution in [1.29, 1.82) is 0 Å². The van der Waals surface area contributed by atoms with Crippen LogP contribution in [0.5, 0.6) is 5.75 Å². The Morgan fingerprint density at radius 2 is 1.83 bits per heavy atom. The van der Waals surface area contributed by atoms with E-state index in [4.69, 9.17) is 0 Å². The molecular weight excluding hydrogens is 319 g/mol. The number of ether oxygens (including phenoxy) is 1. The number of alkyl halides is 2. The molecular formula is C18H18F3NO2. The lowest BCUT2D eigenvalue weighted by Crippen LogP contribution is -2.26. The highest BCUT2D eigenvalue weighted by molar-refractivity contribution is 5.76. The molecule has 0 aliphatic rings. The number of carbonyl (C=O) groups is 1. The molecule has 0 atom stereocenters. The summed E-state index contributed by atoms with van der Waals surface area (Å²) in [6, 6.07) is 12.3. The molecule has 3 nitrogen and oxygen atoms in total. The van der Waals surface area contributed by atoms with Crippen LogP contribution in [-0.2, 0) is 17.8 Å². The van der Waals surface area contributed by atoms with Gasteiger partial charge in [-0.15, -0.1) is 0 Å². The molecule has 0 radical (unpaired) electrons. The Morgan fingerprint density at radius 3 is 2.46 bits per heavy atom. The lowest BCUT2D eigenvalue weighted by Gasteiger charge is -2.17. The minimum atomic E-state index is -2.86. The quantitative estimate of drug-likeness (QED) is 0.764. The fraction of sp³-hybridized carbons (Fsp3) is 0.278. The van der Waals surface area contributed by atoms with Crippen molar-refractivity contribution < 1.29 is 22.7 Å². The van der Waals surface area contributed by atoms with E-state index in [1.807, 2.05) is 0 Å². The number of amides is 1.